The number of benzene rings is 8. The molecular weight excluding hydrogens is 623 g/mol. The van der Waals surface area contributed by atoms with Gasteiger partial charge in [-0.2, -0.15) is 0 Å². The summed E-state index contributed by atoms with van der Waals surface area (Å²) in [5.74, 6) is 0.622. The summed E-state index contributed by atoms with van der Waals surface area (Å²) in [6.07, 6.45) is 0. The van der Waals surface area contributed by atoms with Gasteiger partial charge in [-0.3, -0.25) is 0 Å². The minimum atomic E-state index is 0.622. The van der Waals surface area contributed by atoms with Gasteiger partial charge in [0.1, 0.15) is 5.52 Å². The van der Waals surface area contributed by atoms with Crippen LogP contribution < -0.4 is 4.90 Å². The highest BCUT2D eigenvalue weighted by Crippen LogP contribution is 2.44. The maximum atomic E-state index is 6.50. The molecule has 0 aliphatic heterocycles. The Kier molecular flexibility index (Phi) is 6.78. The molecule has 0 aliphatic carbocycles. The Morgan fingerprint density at radius 3 is 1.84 bits per heavy atom. The van der Waals surface area contributed by atoms with Crippen molar-refractivity contribution in [2.45, 2.75) is 0 Å². The van der Waals surface area contributed by atoms with Crippen LogP contribution in [-0.4, -0.2) is 9.55 Å². The molecule has 0 bridgehead atoms. The van der Waals surface area contributed by atoms with Crippen LogP contribution in [0.2, 0.25) is 0 Å². The molecular formula is C47H31N3O. The van der Waals surface area contributed by atoms with Gasteiger partial charge in [0.25, 0.3) is 0 Å². The molecule has 10 rings (SSSR count). The van der Waals surface area contributed by atoms with Crippen LogP contribution in [0.15, 0.2) is 192 Å². The molecule has 0 aliphatic rings. The molecule has 0 unspecified atom stereocenters. The average Bonchev–Trinajstić information content (AvgIpc) is 3.79. The summed E-state index contributed by atoms with van der Waals surface area (Å²) in [4.78, 5) is 7.24. The van der Waals surface area contributed by atoms with E-state index in [4.69, 9.17) is 9.40 Å². The molecule has 0 amide bonds. The largest absolute Gasteiger partial charge is 0.435 e. The average molecular weight is 654 g/mol. The highest BCUT2D eigenvalue weighted by Gasteiger charge is 2.21. The second-order valence-corrected chi connectivity index (χ2v) is 12.8. The van der Waals surface area contributed by atoms with E-state index < -0.39 is 0 Å². The fourth-order valence-corrected chi connectivity index (χ4v) is 7.44. The molecule has 4 nitrogen and oxygen atoms in total. The number of anilines is 3. The third-order valence-corrected chi connectivity index (χ3v) is 9.81. The summed E-state index contributed by atoms with van der Waals surface area (Å²) in [5, 5.41) is 4.52. The molecule has 0 atom stereocenters. The third-order valence-electron chi connectivity index (χ3n) is 9.81. The molecule has 51 heavy (non-hydrogen) atoms. The van der Waals surface area contributed by atoms with Crippen molar-refractivity contribution in [3.63, 3.8) is 0 Å². The molecule has 0 spiro atoms. The van der Waals surface area contributed by atoms with E-state index in [1.165, 1.54) is 32.9 Å². The Morgan fingerprint density at radius 1 is 0.431 bits per heavy atom. The predicted molar refractivity (Wildman–Crippen MR) is 211 cm³/mol. The smallest absolute Gasteiger partial charge is 0.227 e. The van der Waals surface area contributed by atoms with Crippen LogP contribution in [0.4, 0.5) is 17.1 Å². The normalized spacial score (nSPS) is 11.5. The monoisotopic (exact) mass is 653 g/mol. The van der Waals surface area contributed by atoms with Gasteiger partial charge in [-0.05, 0) is 90.0 Å². The van der Waals surface area contributed by atoms with Crippen molar-refractivity contribution in [2.24, 2.45) is 0 Å². The first kappa shape index (κ1) is 29.0. The van der Waals surface area contributed by atoms with Crippen LogP contribution in [-0.2, 0) is 0 Å². The highest BCUT2D eigenvalue weighted by molar-refractivity contribution is 6.13. The lowest BCUT2D eigenvalue weighted by atomic mass is 10.0. The van der Waals surface area contributed by atoms with Crippen molar-refractivity contribution in [3.8, 4) is 28.3 Å². The Balaban J connectivity index is 1.19. The van der Waals surface area contributed by atoms with Crippen molar-refractivity contribution in [2.75, 3.05) is 4.90 Å². The number of aromatic nitrogens is 2. The van der Waals surface area contributed by atoms with E-state index >= 15 is 0 Å². The lowest BCUT2D eigenvalue weighted by Gasteiger charge is -2.27. The maximum Gasteiger partial charge on any atom is 0.227 e. The molecule has 10 aromatic rings. The zero-order valence-corrected chi connectivity index (χ0v) is 27.6. The number of nitrogens with zero attached hydrogens (tertiary/aromatic N) is 3. The SMILES string of the molecule is c1ccc(-c2ccc(N(c3ccc4c(c3)c3ccccc3n4-c3ccccc3)c3cccc4c3ccc3nc(-c5ccccc5)oc34)cc2)cc1. The van der Waals surface area contributed by atoms with Crippen LogP contribution in [0.1, 0.15) is 0 Å². The summed E-state index contributed by atoms with van der Waals surface area (Å²) < 4.78 is 8.85. The molecule has 0 saturated heterocycles. The van der Waals surface area contributed by atoms with Crippen molar-refractivity contribution < 1.29 is 4.42 Å². The van der Waals surface area contributed by atoms with E-state index in [1.54, 1.807) is 0 Å². The van der Waals surface area contributed by atoms with E-state index in [9.17, 15) is 0 Å². The molecule has 0 radical (unpaired) electrons. The number of para-hydroxylation sites is 2. The summed E-state index contributed by atoms with van der Waals surface area (Å²) in [7, 11) is 0. The first-order valence-corrected chi connectivity index (χ1v) is 17.2. The quantitative estimate of drug-likeness (QED) is 0.179. The zero-order chi connectivity index (χ0) is 33.7. The standard InChI is InChI=1S/C47H31N3O/c1-4-13-32(14-5-1)33-23-25-36(26-24-33)49(37-27-30-45-41(31-37)38-19-10-11-21-44(38)50(45)35-17-8-3-9-18-35)43-22-12-20-40-39(43)28-29-42-46(40)51-47(48-42)34-15-6-2-7-16-34/h1-31H. The van der Waals surface area contributed by atoms with Crippen LogP contribution in [0, 0.1) is 0 Å². The first-order chi connectivity index (χ1) is 25.3. The van der Waals surface area contributed by atoms with Gasteiger partial charge < -0.3 is 13.9 Å². The summed E-state index contributed by atoms with van der Waals surface area (Å²) in [5.41, 5.74) is 11.6. The molecule has 4 heteroatoms. The molecule has 2 heterocycles. The number of oxazole rings is 1. The highest BCUT2D eigenvalue weighted by atomic mass is 16.3. The summed E-state index contributed by atoms with van der Waals surface area (Å²) in [6.45, 7) is 0. The van der Waals surface area contributed by atoms with Crippen LogP contribution >= 0.6 is 0 Å². The fourth-order valence-electron chi connectivity index (χ4n) is 7.44. The second kappa shape index (κ2) is 11.9. The van der Waals surface area contributed by atoms with Crippen molar-refractivity contribution >= 4 is 60.7 Å². The van der Waals surface area contributed by atoms with Crippen LogP contribution in [0.5, 0.6) is 0 Å². The number of rotatable bonds is 6. The summed E-state index contributed by atoms with van der Waals surface area (Å²) >= 11 is 0. The minimum absolute atomic E-state index is 0.622. The Labute approximate surface area is 295 Å². The predicted octanol–water partition coefficient (Wildman–Crippen LogP) is 12.9. The van der Waals surface area contributed by atoms with Gasteiger partial charge >= 0.3 is 0 Å². The Bertz CT molecular complexity index is 2840. The molecule has 8 aromatic carbocycles. The number of hydrogen-bond acceptors (Lipinski definition) is 3. The topological polar surface area (TPSA) is 34.2 Å². The van der Waals surface area contributed by atoms with Gasteiger partial charge in [0.05, 0.1) is 16.7 Å². The molecule has 0 saturated carbocycles. The second-order valence-electron chi connectivity index (χ2n) is 12.8. The van der Waals surface area contributed by atoms with Gasteiger partial charge in [-0.25, -0.2) is 4.98 Å². The lowest BCUT2D eigenvalue weighted by molar-refractivity contribution is 0.623. The number of hydrogen-bond donors (Lipinski definition) is 0. The minimum Gasteiger partial charge on any atom is -0.435 e. The van der Waals surface area contributed by atoms with Gasteiger partial charge in [0.15, 0.2) is 5.58 Å². The van der Waals surface area contributed by atoms with E-state index in [2.05, 4.69) is 167 Å². The maximum absolute atomic E-state index is 6.50. The first-order valence-electron chi connectivity index (χ1n) is 17.2. The Hall–Kier alpha value is -6.91. The summed E-state index contributed by atoms with van der Waals surface area (Å²) in [6, 6.07) is 66.3. The van der Waals surface area contributed by atoms with Crippen LogP contribution in [0.25, 0.3) is 71.9 Å². The zero-order valence-electron chi connectivity index (χ0n) is 27.6. The van der Waals surface area contributed by atoms with Crippen LogP contribution in [0.3, 0.4) is 0 Å². The van der Waals surface area contributed by atoms with Gasteiger partial charge in [0.2, 0.25) is 5.89 Å². The van der Waals surface area contributed by atoms with Crippen molar-refractivity contribution in [3.05, 3.63) is 188 Å². The third kappa shape index (κ3) is 4.88. The van der Waals surface area contributed by atoms with Gasteiger partial charge in [0, 0.05) is 44.2 Å². The van der Waals surface area contributed by atoms with Crippen molar-refractivity contribution in [1.29, 1.82) is 0 Å². The van der Waals surface area contributed by atoms with Gasteiger partial charge in [-0.1, -0.05) is 109 Å². The molecule has 240 valence electrons. The fraction of sp³-hybridized carbons (Fsp3) is 0. The van der Waals surface area contributed by atoms with E-state index in [1.807, 2.05) is 30.3 Å². The van der Waals surface area contributed by atoms with Gasteiger partial charge in [-0.15, -0.1) is 0 Å². The molecule has 0 N–H and O–H groups in total. The number of fused-ring (bicyclic) bond motifs is 6. The van der Waals surface area contributed by atoms with E-state index in [0.29, 0.717) is 5.89 Å². The van der Waals surface area contributed by atoms with E-state index in [0.717, 1.165) is 50.2 Å². The molecule has 0 fully saturated rings. The lowest BCUT2D eigenvalue weighted by Crippen LogP contribution is -2.10. The molecule has 2 aromatic heterocycles. The van der Waals surface area contributed by atoms with E-state index in [-0.39, 0.29) is 0 Å². The van der Waals surface area contributed by atoms with Crippen molar-refractivity contribution in [1.82, 2.24) is 9.55 Å². The Morgan fingerprint density at radius 2 is 1.06 bits per heavy atom.